The summed E-state index contributed by atoms with van der Waals surface area (Å²) in [6.45, 7) is 3.24. The quantitative estimate of drug-likeness (QED) is 0.755. The number of anilines is 1. The molecule has 2 heterocycles. The van der Waals surface area contributed by atoms with Gasteiger partial charge in [0.2, 0.25) is 0 Å². The Morgan fingerprint density at radius 3 is 2.24 bits per heavy atom. The summed E-state index contributed by atoms with van der Waals surface area (Å²) in [6.07, 6.45) is -4.55. The molecule has 0 atom stereocenters. The van der Waals surface area contributed by atoms with Gasteiger partial charge >= 0.3 is 6.18 Å². The molecule has 25 heavy (non-hydrogen) atoms. The Balaban J connectivity index is 1.67. The van der Waals surface area contributed by atoms with Crippen molar-refractivity contribution in [2.24, 2.45) is 0 Å². The number of halogens is 4. The lowest BCUT2D eigenvalue weighted by molar-refractivity contribution is -0.137. The zero-order valence-electron chi connectivity index (χ0n) is 13.3. The molecule has 0 spiro atoms. The molecule has 1 aromatic heterocycles. The van der Waals surface area contributed by atoms with E-state index in [-0.39, 0.29) is 16.4 Å². The topological polar surface area (TPSA) is 36.4 Å². The summed E-state index contributed by atoms with van der Waals surface area (Å²) in [6, 6.07) is 6.06. The van der Waals surface area contributed by atoms with Gasteiger partial charge in [0, 0.05) is 31.9 Å². The molecule has 3 rings (SSSR count). The second kappa shape index (κ2) is 6.62. The molecule has 0 bridgehead atoms. The highest BCUT2D eigenvalue weighted by Crippen LogP contribution is 2.34. The first-order valence-corrected chi connectivity index (χ1v) is 8.42. The van der Waals surface area contributed by atoms with Gasteiger partial charge in [-0.3, -0.25) is 4.79 Å². The number of hydrogen-bond donors (Lipinski definition) is 0. The van der Waals surface area contributed by atoms with E-state index in [0.717, 1.165) is 5.69 Å². The summed E-state index contributed by atoms with van der Waals surface area (Å²) in [4.78, 5) is 19.5. The van der Waals surface area contributed by atoms with E-state index in [0.29, 0.717) is 37.5 Å². The molecule has 1 fully saturated rings. The van der Waals surface area contributed by atoms with Crippen molar-refractivity contribution in [2.75, 3.05) is 31.1 Å². The monoisotopic (exact) mass is 373 g/mol. The van der Waals surface area contributed by atoms with Gasteiger partial charge in [0.15, 0.2) is 5.01 Å². The third-order valence-electron chi connectivity index (χ3n) is 3.99. The lowest BCUT2D eigenvalue weighted by Crippen LogP contribution is -2.48. The van der Waals surface area contributed by atoms with Gasteiger partial charge in [0.1, 0.15) is 10.7 Å². The number of nitrogens with zero attached hydrogens (tertiary/aromatic N) is 3. The number of aryl methyl sites for hydroxylation is 1. The first-order valence-electron chi connectivity index (χ1n) is 7.60. The summed E-state index contributed by atoms with van der Waals surface area (Å²) in [5, 5.41) is -1.00. The molecule has 1 aromatic carbocycles. The Kier molecular flexibility index (Phi) is 4.68. The van der Waals surface area contributed by atoms with Crippen molar-refractivity contribution < 1.29 is 22.4 Å². The Bertz CT molecular complexity index is 765. The summed E-state index contributed by atoms with van der Waals surface area (Å²) in [5.74, 6) is -0.747. The van der Waals surface area contributed by atoms with Gasteiger partial charge in [-0.1, -0.05) is 0 Å². The summed E-state index contributed by atoms with van der Waals surface area (Å²) < 4.78 is 51.2. The Labute approximate surface area is 145 Å². The van der Waals surface area contributed by atoms with E-state index in [9.17, 15) is 22.4 Å². The van der Waals surface area contributed by atoms with Crippen LogP contribution in [-0.4, -0.2) is 42.0 Å². The van der Waals surface area contributed by atoms with Crippen LogP contribution in [0.25, 0.3) is 0 Å². The molecule has 4 nitrogen and oxygen atoms in total. The van der Waals surface area contributed by atoms with E-state index in [4.69, 9.17) is 0 Å². The number of carbonyl (C=O) groups is 1. The number of rotatable bonds is 2. The fourth-order valence-electron chi connectivity index (χ4n) is 2.68. The van der Waals surface area contributed by atoms with E-state index in [1.165, 1.54) is 24.0 Å². The second-order valence-corrected chi connectivity index (χ2v) is 6.69. The van der Waals surface area contributed by atoms with Crippen molar-refractivity contribution in [1.29, 1.82) is 0 Å². The molecule has 0 aliphatic carbocycles. The number of piperazine rings is 1. The minimum absolute atomic E-state index is 0.0301. The van der Waals surface area contributed by atoms with E-state index in [2.05, 4.69) is 4.98 Å². The molecule has 0 radical (unpaired) electrons. The van der Waals surface area contributed by atoms with E-state index in [1.807, 2.05) is 4.90 Å². The van der Waals surface area contributed by atoms with Crippen LogP contribution in [0.15, 0.2) is 24.3 Å². The average Bonchev–Trinajstić information content (AvgIpc) is 2.97. The van der Waals surface area contributed by atoms with Crippen LogP contribution in [0.1, 0.15) is 20.4 Å². The molecule has 134 valence electrons. The van der Waals surface area contributed by atoms with Crippen LogP contribution in [0.2, 0.25) is 0 Å². The summed E-state index contributed by atoms with van der Waals surface area (Å²) >= 11 is 0.384. The zero-order valence-corrected chi connectivity index (χ0v) is 14.1. The van der Waals surface area contributed by atoms with Gasteiger partial charge in [-0.15, -0.1) is 11.3 Å². The molecule has 2 aromatic rings. The lowest BCUT2D eigenvalue weighted by atomic mass is 10.2. The van der Waals surface area contributed by atoms with Crippen LogP contribution in [0.3, 0.4) is 0 Å². The second-order valence-electron chi connectivity index (χ2n) is 5.69. The molecule has 9 heteroatoms. The van der Waals surface area contributed by atoms with Crippen molar-refractivity contribution in [2.45, 2.75) is 13.1 Å². The molecule has 0 unspecified atom stereocenters. The SMILES string of the molecule is Cc1nc(C(F)(F)F)sc1C(=O)N1CCN(c2ccc(F)cc2)CC1. The fraction of sp³-hybridized carbons (Fsp3) is 0.375. The maximum atomic E-state index is 13.0. The highest BCUT2D eigenvalue weighted by atomic mass is 32.1. The van der Waals surface area contributed by atoms with Gasteiger partial charge in [0.05, 0.1) is 5.69 Å². The van der Waals surface area contributed by atoms with Gasteiger partial charge in [-0.25, -0.2) is 9.37 Å². The minimum atomic E-state index is -4.55. The first-order chi connectivity index (χ1) is 11.8. The summed E-state index contributed by atoms with van der Waals surface area (Å²) in [7, 11) is 0. The first kappa shape index (κ1) is 17.7. The van der Waals surface area contributed by atoms with Gasteiger partial charge < -0.3 is 9.80 Å². The van der Waals surface area contributed by atoms with Crippen LogP contribution in [-0.2, 0) is 6.18 Å². The number of thiazole rings is 1. The molecule has 1 aliphatic rings. The largest absolute Gasteiger partial charge is 0.443 e. The number of benzene rings is 1. The van der Waals surface area contributed by atoms with Crippen LogP contribution in [0.4, 0.5) is 23.2 Å². The van der Waals surface area contributed by atoms with Gasteiger partial charge in [0.25, 0.3) is 5.91 Å². The molecule has 0 N–H and O–H groups in total. The third-order valence-corrected chi connectivity index (χ3v) is 5.18. The van der Waals surface area contributed by atoms with Gasteiger partial charge in [-0.05, 0) is 31.2 Å². The highest BCUT2D eigenvalue weighted by Gasteiger charge is 2.37. The molecule has 0 saturated carbocycles. The minimum Gasteiger partial charge on any atom is -0.368 e. The molecule has 1 amide bonds. The van der Waals surface area contributed by atoms with E-state index >= 15 is 0 Å². The zero-order chi connectivity index (χ0) is 18.2. The maximum absolute atomic E-state index is 13.0. The highest BCUT2D eigenvalue weighted by molar-refractivity contribution is 7.13. The Morgan fingerprint density at radius 1 is 1.12 bits per heavy atom. The molecule has 1 saturated heterocycles. The lowest BCUT2D eigenvalue weighted by Gasteiger charge is -2.36. The molecule has 1 aliphatic heterocycles. The predicted octanol–water partition coefficient (Wildman–Crippen LogP) is 3.57. The van der Waals surface area contributed by atoms with E-state index < -0.39 is 17.1 Å². The number of hydrogen-bond acceptors (Lipinski definition) is 4. The Hall–Kier alpha value is -2.16. The predicted molar refractivity (Wildman–Crippen MR) is 86.4 cm³/mol. The van der Waals surface area contributed by atoms with Crippen molar-refractivity contribution in [3.8, 4) is 0 Å². The standard InChI is InChI=1S/C16H15F4N3OS/c1-10-13(25-15(21-10)16(18,19)20)14(24)23-8-6-22(7-9-23)12-4-2-11(17)3-5-12/h2-5H,6-9H2,1H3. The number of alkyl halides is 3. The van der Waals surface area contributed by atoms with Crippen molar-refractivity contribution in [1.82, 2.24) is 9.88 Å². The van der Waals surface area contributed by atoms with Crippen molar-refractivity contribution in [3.05, 3.63) is 45.7 Å². The van der Waals surface area contributed by atoms with Crippen molar-refractivity contribution >= 4 is 22.9 Å². The van der Waals surface area contributed by atoms with Crippen LogP contribution < -0.4 is 4.90 Å². The summed E-state index contributed by atoms with van der Waals surface area (Å²) in [5.41, 5.74) is 0.949. The number of carbonyl (C=O) groups excluding carboxylic acids is 1. The van der Waals surface area contributed by atoms with Crippen LogP contribution in [0.5, 0.6) is 0 Å². The van der Waals surface area contributed by atoms with Gasteiger partial charge in [-0.2, -0.15) is 13.2 Å². The van der Waals surface area contributed by atoms with Crippen LogP contribution in [0, 0.1) is 12.7 Å². The fourth-order valence-corrected chi connectivity index (χ4v) is 3.58. The van der Waals surface area contributed by atoms with Crippen LogP contribution >= 0.6 is 11.3 Å². The average molecular weight is 373 g/mol. The smallest absolute Gasteiger partial charge is 0.368 e. The normalized spacial score (nSPS) is 15.6. The number of amides is 1. The maximum Gasteiger partial charge on any atom is 0.443 e. The van der Waals surface area contributed by atoms with Crippen molar-refractivity contribution in [3.63, 3.8) is 0 Å². The number of aromatic nitrogens is 1. The Morgan fingerprint density at radius 2 is 1.72 bits per heavy atom. The molecular formula is C16H15F4N3OS. The molecular weight excluding hydrogens is 358 g/mol. The van der Waals surface area contributed by atoms with E-state index in [1.54, 1.807) is 12.1 Å². The third kappa shape index (κ3) is 3.76.